The number of rotatable bonds is 9. The van der Waals surface area contributed by atoms with Crippen LogP contribution < -0.4 is 16.2 Å². The third-order valence-electron chi connectivity index (χ3n) is 4.27. The number of thiophene rings is 1. The van der Waals surface area contributed by atoms with Crippen LogP contribution in [0.25, 0.3) is 10.1 Å². The van der Waals surface area contributed by atoms with E-state index in [9.17, 15) is 0 Å². The van der Waals surface area contributed by atoms with Crippen LogP contribution >= 0.6 is 11.3 Å². The van der Waals surface area contributed by atoms with E-state index in [1.54, 1.807) is 0 Å². The van der Waals surface area contributed by atoms with Gasteiger partial charge in [-0.3, -0.25) is 0 Å². The van der Waals surface area contributed by atoms with Crippen molar-refractivity contribution in [3.8, 4) is 5.75 Å². The summed E-state index contributed by atoms with van der Waals surface area (Å²) in [5, 5.41) is 0.350. The number of halogens is 2. The van der Waals surface area contributed by atoms with Crippen molar-refractivity contribution in [2.45, 2.75) is 46.0 Å². The molecule has 0 saturated heterocycles. The Morgan fingerprint density at radius 3 is 2.33 bits per heavy atom. The summed E-state index contributed by atoms with van der Waals surface area (Å²) >= 11 is 1.30. The fraction of sp³-hybridized carbons (Fsp3) is 0.556. The molecule has 2 aromatic rings. The summed E-state index contributed by atoms with van der Waals surface area (Å²) in [7, 11) is 0. The second-order valence-electron chi connectivity index (χ2n) is 6.01. The average Bonchev–Trinajstić information content (AvgIpc) is 2.86. The van der Waals surface area contributed by atoms with Crippen LogP contribution in [0.1, 0.15) is 41.7 Å². The predicted octanol–water partition coefficient (Wildman–Crippen LogP) is 4.20. The first-order valence-corrected chi connectivity index (χ1v) is 9.27. The number of fused-ring (bicyclic) bond motifs is 1. The highest BCUT2D eigenvalue weighted by atomic mass is 32.1. The standard InChI is InChI=1S/C18H26F2N2OS/c1-11-12(2)24-18-14(11)16(20)17(23-10-6-9-22)13(15(18)19)7-4-3-5-8-21/h3-10,21-22H2,1-2H3. The SMILES string of the molecule is Cc1sc2c(F)c(CCCCCN)c(OCCCN)c(F)c2c1C. The van der Waals surface area contributed by atoms with Crippen LogP contribution in [-0.2, 0) is 6.42 Å². The maximum atomic E-state index is 15.1. The van der Waals surface area contributed by atoms with E-state index in [2.05, 4.69) is 0 Å². The molecule has 1 heterocycles. The lowest BCUT2D eigenvalue weighted by Gasteiger charge is -2.15. The number of nitrogens with two attached hydrogens (primary N) is 2. The molecule has 0 spiro atoms. The van der Waals surface area contributed by atoms with Gasteiger partial charge in [-0.25, -0.2) is 8.78 Å². The molecule has 0 bridgehead atoms. The van der Waals surface area contributed by atoms with Gasteiger partial charge in [-0.05, 0) is 58.2 Å². The molecule has 0 fully saturated rings. The van der Waals surface area contributed by atoms with E-state index in [0.29, 0.717) is 41.6 Å². The molecule has 0 saturated carbocycles. The summed E-state index contributed by atoms with van der Waals surface area (Å²) in [5.74, 6) is -0.732. The van der Waals surface area contributed by atoms with Crippen molar-refractivity contribution in [2.24, 2.45) is 11.5 Å². The first kappa shape index (κ1) is 19.1. The average molecular weight is 356 g/mol. The molecule has 1 aromatic heterocycles. The monoisotopic (exact) mass is 356 g/mol. The zero-order chi connectivity index (χ0) is 17.7. The van der Waals surface area contributed by atoms with Crippen LogP contribution in [0, 0.1) is 25.5 Å². The van der Waals surface area contributed by atoms with E-state index in [4.69, 9.17) is 16.2 Å². The molecule has 0 atom stereocenters. The summed E-state index contributed by atoms with van der Waals surface area (Å²) in [4.78, 5) is 0.927. The Morgan fingerprint density at radius 2 is 1.67 bits per heavy atom. The van der Waals surface area contributed by atoms with Gasteiger partial charge in [0.1, 0.15) is 5.82 Å². The van der Waals surface area contributed by atoms with E-state index < -0.39 is 5.82 Å². The van der Waals surface area contributed by atoms with Gasteiger partial charge in [0.2, 0.25) is 0 Å². The quantitative estimate of drug-likeness (QED) is 0.662. The Balaban J connectivity index is 2.46. The van der Waals surface area contributed by atoms with E-state index in [-0.39, 0.29) is 18.2 Å². The second-order valence-corrected chi connectivity index (χ2v) is 7.24. The van der Waals surface area contributed by atoms with Gasteiger partial charge in [-0.15, -0.1) is 11.3 Å². The Bertz CT molecular complexity index is 700. The Labute approximate surface area is 146 Å². The molecule has 6 heteroatoms. The first-order chi connectivity index (χ1) is 11.5. The molecule has 0 aliphatic carbocycles. The van der Waals surface area contributed by atoms with Crippen molar-refractivity contribution in [1.29, 1.82) is 0 Å². The fourth-order valence-corrected chi connectivity index (χ4v) is 3.90. The minimum atomic E-state index is -0.445. The molecule has 0 unspecified atom stereocenters. The van der Waals surface area contributed by atoms with Gasteiger partial charge >= 0.3 is 0 Å². The second kappa shape index (κ2) is 8.74. The minimum absolute atomic E-state index is 0.0575. The van der Waals surface area contributed by atoms with E-state index in [1.807, 2.05) is 13.8 Å². The summed E-state index contributed by atoms with van der Waals surface area (Å²) in [6.07, 6.45) is 3.59. The third-order valence-corrected chi connectivity index (χ3v) is 5.47. The van der Waals surface area contributed by atoms with E-state index in [1.165, 1.54) is 11.3 Å². The summed E-state index contributed by atoms with van der Waals surface area (Å²) in [6, 6.07) is 0. The molecule has 24 heavy (non-hydrogen) atoms. The molecule has 0 radical (unpaired) electrons. The molecule has 3 nitrogen and oxygen atoms in total. The Kier molecular flexibility index (Phi) is 6.95. The van der Waals surface area contributed by atoms with E-state index in [0.717, 1.165) is 29.7 Å². The number of hydrogen-bond donors (Lipinski definition) is 2. The number of hydrogen-bond acceptors (Lipinski definition) is 4. The highest BCUT2D eigenvalue weighted by Crippen LogP contribution is 2.41. The first-order valence-electron chi connectivity index (χ1n) is 8.45. The third kappa shape index (κ3) is 3.87. The molecule has 4 N–H and O–H groups in total. The van der Waals surface area contributed by atoms with Crippen LogP contribution in [0.3, 0.4) is 0 Å². The smallest absolute Gasteiger partial charge is 0.174 e. The molecule has 0 aliphatic rings. The van der Waals surface area contributed by atoms with Gasteiger partial charge in [0.15, 0.2) is 11.6 Å². The minimum Gasteiger partial charge on any atom is -0.490 e. The lowest BCUT2D eigenvalue weighted by Crippen LogP contribution is -2.10. The summed E-state index contributed by atoms with van der Waals surface area (Å²) in [6.45, 7) is 5.06. The predicted molar refractivity (Wildman–Crippen MR) is 97.0 cm³/mol. The van der Waals surface area contributed by atoms with Crippen LogP contribution in [0.4, 0.5) is 8.78 Å². The van der Waals surface area contributed by atoms with Gasteiger partial charge in [-0.1, -0.05) is 6.42 Å². The Hall–Kier alpha value is -1.24. The fourth-order valence-electron chi connectivity index (χ4n) is 2.78. The van der Waals surface area contributed by atoms with Crippen molar-refractivity contribution in [1.82, 2.24) is 0 Å². The molecular weight excluding hydrogens is 330 g/mol. The Morgan fingerprint density at radius 1 is 0.958 bits per heavy atom. The highest BCUT2D eigenvalue weighted by molar-refractivity contribution is 7.19. The van der Waals surface area contributed by atoms with Crippen LogP contribution in [0.15, 0.2) is 0 Å². The van der Waals surface area contributed by atoms with Gasteiger partial charge in [0.05, 0.1) is 11.3 Å². The number of ether oxygens (including phenoxy) is 1. The van der Waals surface area contributed by atoms with Crippen LogP contribution in [0.5, 0.6) is 5.75 Å². The maximum absolute atomic E-state index is 15.1. The van der Waals surface area contributed by atoms with E-state index >= 15 is 8.78 Å². The van der Waals surface area contributed by atoms with Crippen molar-refractivity contribution in [3.05, 3.63) is 27.6 Å². The number of unbranched alkanes of at least 4 members (excludes halogenated alkanes) is 2. The zero-order valence-corrected chi connectivity index (χ0v) is 15.2. The van der Waals surface area contributed by atoms with Gasteiger partial charge < -0.3 is 16.2 Å². The molecule has 0 amide bonds. The molecule has 2 rings (SSSR count). The normalized spacial score (nSPS) is 11.4. The molecule has 134 valence electrons. The van der Waals surface area contributed by atoms with Crippen molar-refractivity contribution < 1.29 is 13.5 Å². The van der Waals surface area contributed by atoms with Gasteiger partial charge in [0, 0.05) is 15.8 Å². The van der Waals surface area contributed by atoms with Gasteiger partial charge in [0.25, 0.3) is 0 Å². The highest BCUT2D eigenvalue weighted by Gasteiger charge is 2.24. The van der Waals surface area contributed by atoms with Crippen molar-refractivity contribution in [3.63, 3.8) is 0 Å². The van der Waals surface area contributed by atoms with Crippen LogP contribution in [-0.4, -0.2) is 19.7 Å². The maximum Gasteiger partial charge on any atom is 0.174 e. The van der Waals surface area contributed by atoms with Crippen LogP contribution in [0.2, 0.25) is 0 Å². The zero-order valence-electron chi connectivity index (χ0n) is 14.4. The number of aryl methyl sites for hydroxylation is 2. The van der Waals surface area contributed by atoms with Gasteiger partial charge in [-0.2, -0.15) is 0 Å². The largest absolute Gasteiger partial charge is 0.490 e. The summed E-state index contributed by atoms with van der Waals surface area (Å²) in [5.41, 5.74) is 12.1. The molecular formula is C18H26F2N2OS. The summed E-state index contributed by atoms with van der Waals surface area (Å²) < 4.78 is 36.1. The lowest BCUT2D eigenvalue weighted by molar-refractivity contribution is 0.293. The molecule has 1 aromatic carbocycles. The van der Waals surface area contributed by atoms with Crippen molar-refractivity contribution in [2.75, 3.05) is 19.7 Å². The molecule has 0 aliphatic heterocycles. The number of benzene rings is 1. The lowest BCUT2D eigenvalue weighted by atomic mass is 10.0. The van der Waals surface area contributed by atoms with Crippen molar-refractivity contribution >= 4 is 21.4 Å². The topological polar surface area (TPSA) is 61.3 Å².